The highest BCUT2D eigenvalue weighted by Crippen LogP contribution is 2.53. The van der Waals surface area contributed by atoms with Crippen LogP contribution in [0.25, 0.3) is 0 Å². The summed E-state index contributed by atoms with van der Waals surface area (Å²) in [5.74, 6) is 2.15. The quantitative estimate of drug-likeness (QED) is 0.359. The van der Waals surface area contributed by atoms with Gasteiger partial charge in [-0.15, -0.1) is 0 Å². The monoisotopic (exact) mass is 482 g/mol. The first kappa shape index (κ1) is 28.3. The van der Waals surface area contributed by atoms with Crippen molar-refractivity contribution in [2.24, 2.45) is 29.1 Å². The van der Waals surface area contributed by atoms with E-state index < -0.39 is 16.6 Å². The van der Waals surface area contributed by atoms with E-state index in [1.54, 1.807) is 0 Å². The zero-order valence-electron chi connectivity index (χ0n) is 23.6. The number of hydrogen-bond acceptors (Lipinski definition) is 3. The summed E-state index contributed by atoms with van der Waals surface area (Å²) in [5.41, 5.74) is -0.0558. The second-order valence-corrected chi connectivity index (χ2v) is 24.4. The predicted molar refractivity (Wildman–Crippen MR) is 142 cm³/mol. The second-order valence-electron chi connectivity index (χ2n) is 14.8. The van der Waals surface area contributed by atoms with Gasteiger partial charge in [0.05, 0.1) is 6.10 Å². The lowest BCUT2D eigenvalue weighted by Crippen LogP contribution is -2.56. The highest BCUT2D eigenvalue weighted by Gasteiger charge is 2.54. The lowest BCUT2D eigenvalue weighted by atomic mass is 9.55. The topological polar surface area (TPSA) is 35.5 Å². The Kier molecular flexibility index (Phi) is 8.16. The molecular weight excluding hydrogens is 428 g/mol. The highest BCUT2D eigenvalue weighted by atomic mass is 28.4. The summed E-state index contributed by atoms with van der Waals surface area (Å²) in [6.45, 7) is 30.8. The van der Waals surface area contributed by atoms with E-state index in [4.69, 9.17) is 8.85 Å². The number of hydrogen-bond donors (Lipinski definition) is 0. The van der Waals surface area contributed by atoms with Gasteiger partial charge in [-0.1, -0.05) is 62.3 Å². The first-order valence-corrected chi connectivity index (χ1v) is 18.9. The molecule has 0 heterocycles. The van der Waals surface area contributed by atoms with Gasteiger partial charge in [-0.2, -0.15) is 0 Å². The predicted octanol–water partition coefficient (Wildman–Crippen LogP) is 8.07. The Morgan fingerprint density at radius 1 is 0.969 bits per heavy atom. The Morgan fingerprint density at radius 3 is 1.97 bits per heavy atom. The van der Waals surface area contributed by atoms with E-state index in [1.807, 2.05) is 0 Å². The van der Waals surface area contributed by atoms with Crippen molar-refractivity contribution < 1.29 is 13.6 Å². The van der Waals surface area contributed by atoms with E-state index >= 15 is 0 Å². The number of carbonyl (C=O) groups excluding carboxylic acids is 1. The van der Waals surface area contributed by atoms with Gasteiger partial charge in [0.15, 0.2) is 16.6 Å². The van der Waals surface area contributed by atoms with Crippen LogP contribution in [-0.4, -0.2) is 35.1 Å². The van der Waals surface area contributed by atoms with Crippen LogP contribution >= 0.6 is 0 Å². The lowest BCUT2D eigenvalue weighted by molar-refractivity contribution is -0.145. The lowest BCUT2D eigenvalue weighted by Gasteiger charge is -2.53. The Hall–Kier alpha value is 0.0238. The summed E-state index contributed by atoms with van der Waals surface area (Å²) < 4.78 is 13.6. The molecule has 0 radical (unpaired) electrons. The van der Waals surface area contributed by atoms with E-state index in [0.717, 1.165) is 19.4 Å². The summed E-state index contributed by atoms with van der Waals surface area (Å²) >= 11 is 0. The smallest absolute Gasteiger partial charge is 0.192 e. The molecule has 2 fully saturated rings. The second kappa shape index (κ2) is 9.24. The Bertz CT molecular complexity index is 671. The van der Waals surface area contributed by atoms with Crippen molar-refractivity contribution in [1.82, 2.24) is 0 Å². The molecule has 0 aliphatic heterocycles. The number of rotatable bonds is 6. The third-order valence-corrected chi connectivity index (χ3v) is 18.6. The van der Waals surface area contributed by atoms with Crippen LogP contribution in [0.15, 0.2) is 0 Å². The summed E-state index contributed by atoms with van der Waals surface area (Å²) in [7, 11) is -3.75. The van der Waals surface area contributed by atoms with Crippen molar-refractivity contribution in [3.05, 3.63) is 0 Å². The fraction of sp³-hybridized carbons (Fsp3) is 0.963. The van der Waals surface area contributed by atoms with Gasteiger partial charge in [-0.05, 0) is 78.7 Å². The molecule has 0 unspecified atom stereocenters. The molecule has 188 valence electrons. The molecule has 5 heteroatoms. The standard InChI is InChI=1S/C27H54O3Si2/c1-19(2)20-14-15-23(30-32(12,13)26(6,7)8)24-21(20)16-27(9,17-22(24)28)18-29-31(10,11)25(3,4)5/h19-21,23-24H,14-18H2,1-13H3/t20-,21-,23+,24+,27-/m1/s1. The van der Waals surface area contributed by atoms with E-state index in [9.17, 15) is 4.79 Å². The summed E-state index contributed by atoms with van der Waals surface area (Å²) in [5, 5.41) is 0.360. The van der Waals surface area contributed by atoms with Gasteiger partial charge < -0.3 is 8.85 Å². The molecule has 0 spiro atoms. The molecule has 2 saturated carbocycles. The van der Waals surface area contributed by atoms with E-state index in [0.29, 0.717) is 30.0 Å². The van der Waals surface area contributed by atoms with Gasteiger partial charge in [0.25, 0.3) is 0 Å². The number of Topliss-reactive ketones (excluding diaryl/α,β-unsaturated/α-hetero) is 1. The van der Waals surface area contributed by atoms with Crippen LogP contribution in [0.3, 0.4) is 0 Å². The van der Waals surface area contributed by atoms with Crippen LogP contribution in [-0.2, 0) is 13.6 Å². The van der Waals surface area contributed by atoms with Crippen LogP contribution in [0.2, 0.25) is 36.3 Å². The van der Waals surface area contributed by atoms with Crippen molar-refractivity contribution in [2.45, 2.75) is 130 Å². The first-order valence-electron chi connectivity index (χ1n) is 13.1. The van der Waals surface area contributed by atoms with Crippen LogP contribution in [0.4, 0.5) is 0 Å². The minimum atomic E-state index is -1.92. The van der Waals surface area contributed by atoms with E-state index in [1.165, 1.54) is 6.42 Å². The zero-order chi connectivity index (χ0) is 24.9. The molecule has 32 heavy (non-hydrogen) atoms. The minimum absolute atomic E-state index is 0.0558. The van der Waals surface area contributed by atoms with Crippen LogP contribution in [0.1, 0.15) is 88.0 Å². The Morgan fingerprint density at radius 2 is 1.50 bits per heavy atom. The fourth-order valence-electron chi connectivity index (χ4n) is 5.39. The molecular formula is C27H54O3Si2. The van der Waals surface area contributed by atoms with Gasteiger partial charge in [0.2, 0.25) is 0 Å². The SMILES string of the molecule is CC(C)[C@H]1CC[C@H](O[Si](C)(C)C(C)(C)C)[C@@H]2C(=O)C[C@](C)(CO[Si](C)(C)C(C)(C)C)C[C@@H]21. The minimum Gasteiger partial charge on any atom is -0.416 e. The summed E-state index contributed by atoms with van der Waals surface area (Å²) in [6.07, 6.45) is 4.07. The van der Waals surface area contributed by atoms with E-state index in [-0.39, 0.29) is 27.5 Å². The maximum absolute atomic E-state index is 13.8. The van der Waals surface area contributed by atoms with Crippen molar-refractivity contribution in [3.8, 4) is 0 Å². The Balaban J connectivity index is 2.28. The molecule has 0 bridgehead atoms. The van der Waals surface area contributed by atoms with Gasteiger partial charge in [-0.25, -0.2) is 0 Å². The third kappa shape index (κ3) is 5.98. The molecule has 0 amide bonds. The summed E-state index contributed by atoms with van der Waals surface area (Å²) in [6, 6.07) is 0. The number of fused-ring (bicyclic) bond motifs is 1. The largest absolute Gasteiger partial charge is 0.416 e. The highest BCUT2D eigenvalue weighted by molar-refractivity contribution is 6.74. The normalized spacial score (nSPS) is 32.9. The van der Waals surface area contributed by atoms with Gasteiger partial charge in [-0.3, -0.25) is 4.79 Å². The molecule has 2 aliphatic rings. The van der Waals surface area contributed by atoms with Crippen molar-refractivity contribution in [2.75, 3.05) is 6.61 Å². The molecule has 0 aromatic carbocycles. The maximum atomic E-state index is 13.8. The number of ketones is 1. The summed E-state index contributed by atoms with van der Waals surface area (Å²) in [4.78, 5) is 13.8. The molecule has 0 aromatic rings. The van der Waals surface area contributed by atoms with Gasteiger partial charge in [0.1, 0.15) is 5.78 Å². The van der Waals surface area contributed by atoms with Gasteiger partial charge >= 0.3 is 0 Å². The molecule has 2 aliphatic carbocycles. The maximum Gasteiger partial charge on any atom is 0.192 e. The molecule has 5 atom stereocenters. The van der Waals surface area contributed by atoms with Gasteiger partial charge in [0, 0.05) is 18.9 Å². The zero-order valence-corrected chi connectivity index (χ0v) is 25.6. The number of carbonyl (C=O) groups is 1. The Labute approximate surface area is 202 Å². The van der Waals surface area contributed by atoms with Crippen molar-refractivity contribution in [1.29, 1.82) is 0 Å². The first-order chi connectivity index (χ1) is 14.2. The van der Waals surface area contributed by atoms with Crippen molar-refractivity contribution >= 4 is 22.4 Å². The molecule has 0 N–H and O–H groups in total. The molecule has 3 nitrogen and oxygen atoms in total. The van der Waals surface area contributed by atoms with Crippen LogP contribution in [0.5, 0.6) is 0 Å². The van der Waals surface area contributed by atoms with E-state index in [2.05, 4.69) is 88.5 Å². The van der Waals surface area contributed by atoms with Crippen molar-refractivity contribution in [3.63, 3.8) is 0 Å². The molecule has 0 saturated heterocycles. The molecule has 2 rings (SSSR count). The average Bonchev–Trinajstić information content (AvgIpc) is 2.57. The van der Waals surface area contributed by atoms with Crippen LogP contribution in [0, 0.1) is 29.1 Å². The fourth-order valence-corrected chi connectivity index (χ4v) is 7.91. The average molecular weight is 483 g/mol. The molecule has 0 aromatic heterocycles. The third-order valence-electron chi connectivity index (χ3n) is 9.59. The van der Waals surface area contributed by atoms with Crippen LogP contribution < -0.4 is 0 Å².